The molecule has 0 aliphatic rings. The predicted molar refractivity (Wildman–Crippen MR) is 118 cm³/mol. The van der Waals surface area contributed by atoms with E-state index in [9.17, 15) is 16.8 Å². The molecule has 30 heavy (non-hydrogen) atoms. The predicted octanol–water partition coefficient (Wildman–Crippen LogP) is 3.87. The Balaban J connectivity index is 1.97. The molecule has 0 radical (unpaired) electrons. The Morgan fingerprint density at radius 3 is 2.13 bits per heavy atom. The largest absolute Gasteiger partial charge is 0.497 e. The first-order chi connectivity index (χ1) is 14.2. The molecule has 2 aromatic carbocycles. The molecule has 0 aliphatic heterocycles. The number of methoxy groups -OCH3 is 1. The molecule has 0 fully saturated rings. The zero-order valence-electron chi connectivity index (χ0n) is 16.8. The van der Waals surface area contributed by atoms with E-state index in [1.54, 1.807) is 67.8 Å². The molecule has 3 aromatic rings. The highest BCUT2D eigenvalue weighted by Crippen LogP contribution is 2.32. The smallest absolute Gasteiger partial charge is 0.241 e. The second kappa shape index (κ2) is 8.89. The monoisotopic (exact) mass is 465 g/mol. The summed E-state index contributed by atoms with van der Waals surface area (Å²) in [5.41, 5.74) is 1.57. The van der Waals surface area contributed by atoms with Gasteiger partial charge in [-0.25, -0.2) is 21.6 Å². The van der Waals surface area contributed by atoms with E-state index >= 15 is 0 Å². The summed E-state index contributed by atoms with van der Waals surface area (Å²) in [6.45, 7) is 3.08. The molecule has 160 valence electrons. The Hall–Kier alpha value is -2.20. The lowest BCUT2D eigenvalue weighted by Gasteiger charge is -2.19. The first-order valence-corrected chi connectivity index (χ1v) is 13.0. The maximum atomic E-state index is 13.2. The van der Waals surface area contributed by atoms with Gasteiger partial charge in [0, 0.05) is 6.54 Å². The fourth-order valence-corrected chi connectivity index (χ4v) is 7.82. The summed E-state index contributed by atoms with van der Waals surface area (Å²) >= 11 is 1.11. The van der Waals surface area contributed by atoms with Crippen LogP contribution >= 0.6 is 11.3 Å². The van der Waals surface area contributed by atoms with Crippen molar-refractivity contribution >= 4 is 31.2 Å². The van der Waals surface area contributed by atoms with E-state index in [0.717, 1.165) is 11.3 Å². The average Bonchev–Trinajstić information content (AvgIpc) is 3.23. The fraction of sp³-hybridized carbons (Fsp3) is 0.238. The van der Waals surface area contributed by atoms with Gasteiger partial charge in [0.2, 0.25) is 10.0 Å². The van der Waals surface area contributed by atoms with Crippen molar-refractivity contribution in [2.24, 2.45) is 0 Å². The van der Waals surface area contributed by atoms with Crippen molar-refractivity contribution in [3.63, 3.8) is 0 Å². The Bertz CT molecular complexity index is 1200. The molecular formula is C21H23NO5S3. The highest BCUT2D eigenvalue weighted by atomic mass is 32.2. The number of hydrogen-bond donors (Lipinski definition) is 1. The van der Waals surface area contributed by atoms with Gasteiger partial charge < -0.3 is 4.74 Å². The summed E-state index contributed by atoms with van der Waals surface area (Å²) in [6, 6.07) is 15.1. The number of ether oxygens (including phenoxy) is 1. The van der Waals surface area contributed by atoms with Gasteiger partial charge in [-0.3, -0.25) is 0 Å². The maximum Gasteiger partial charge on any atom is 0.241 e. The van der Waals surface area contributed by atoms with Crippen LogP contribution in [0.2, 0.25) is 0 Å². The van der Waals surface area contributed by atoms with Crippen LogP contribution in [0.5, 0.6) is 5.75 Å². The average molecular weight is 466 g/mol. The zero-order chi connectivity index (χ0) is 21.9. The minimum Gasteiger partial charge on any atom is -0.497 e. The number of rotatable bonds is 8. The molecule has 9 heteroatoms. The molecule has 1 N–H and O–H groups in total. The summed E-state index contributed by atoms with van der Waals surface area (Å²) < 4.78 is 60.5. The zero-order valence-corrected chi connectivity index (χ0v) is 19.3. The van der Waals surface area contributed by atoms with Gasteiger partial charge >= 0.3 is 0 Å². The SMILES string of the molecule is COc1cc(C)c(S(=O)(=O)NCC(c2ccccc2)S(=O)(=O)c2cccs2)c(C)c1. The minimum absolute atomic E-state index is 0.128. The van der Waals surface area contributed by atoms with E-state index in [-0.39, 0.29) is 15.6 Å². The highest BCUT2D eigenvalue weighted by Gasteiger charge is 2.32. The van der Waals surface area contributed by atoms with Crippen LogP contribution in [0.25, 0.3) is 0 Å². The summed E-state index contributed by atoms with van der Waals surface area (Å²) in [6.07, 6.45) is 0. The van der Waals surface area contributed by atoms with Crippen LogP contribution in [0.1, 0.15) is 21.9 Å². The summed E-state index contributed by atoms with van der Waals surface area (Å²) in [7, 11) is -6.21. The van der Waals surface area contributed by atoms with Crippen molar-refractivity contribution in [3.8, 4) is 5.75 Å². The van der Waals surface area contributed by atoms with E-state index < -0.39 is 25.1 Å². The van der Waals surface area contributed by atoms with Crippen LogP contribution in [-0.2, 0) is 19.9 Å². The van der Waals surface area contributed by atoms with Gasteiger partial charge in [0.15, 0.2) is 9.84 Å². The van der Waals surface area contributed by atoms with Gasteiger partial charge in [0.05, 0.1) is 12.0 Å². The van der Waals surface area contributed by atoms with Crippen molar-refractivity contribution in [3.05, 3.63) is 76.7 Å². The fourth-order valence-electron chi connectivity index (χ4n) is 3.35. The third kappa shape index (κ3) is 4.59. The molecule has 0 aliphatic carbocycles. The van der Waals surface area contributed by atoms with Crippen LogP contribution in [0.3, 0.4) is 0 Å². The van der Waals surface area contributed by atoms with E-state index in [1.165, 1.54) is 13.2 Å². The standard InChI is InChI=1S/C21H23NO5S3/c1-15-12-18(27-3)13-16(2)21(15)30(25,26)22-14-19(17-8-5-4-6-9-17)29(23,24)20-10-7-11-28-20/h4-13,19,22H,14H2,1-3H3. The number of nitrogens with one attached hydrogen (secondary N) is 1. The second-order valence-electron chi connectivity index (χ2n) is 6.82. The number of sulfonamides is 1. The molecule has 6 nitrogen and oxygen atoms in total. The molecule has 0 saturated heterocycles. The van der Waals surface area contributed by atoms with Gasteiger partial charge in [-0.2, -0.15) is 0 Å². The minimum atomic E-state index is -3.95. The van der Waals surface area contributed by atoms with Crippen molar-refractivity contribution in [2.45, 2.75) is 28.2 Å². The van der Waals surface area contributed by atoms with Gasteiger partial charge in [-0.05, 0) is 54.1 Å². The van der Waals surface area contributed by atoms with Crippen LogP contribution in [-0.4, -0.2) is 30.5 Å². The molecule has 3 rings (SSSR count). The van der Waals surface area contributed by atoms with Crippen LogP contribution < -0.4 is 9.46 Å². The number of aryl methyl sites for hydroxylation is 2. The topological polar surface area (TPSA) is 89.5 Å². The lowest BCUT2D eigenvalue weighted by Crippen LogP contribution is -2.32. The molecule has 1 atom stereocenters. The molecule has 1 heterocycles. The van der Waals surface area contributed by atoms with Crippen molar-refractivity contribution in [1.82, 2.24) is 4.72 Å². The van der Waals surface area contributed by atoms with E-state index in [4.69, 9.17) is 4.74 Å². The number of benzene rings is 2. The maximum absolute atomic E-state index is 13.2. The third-order valence-electron chi connectivity index (χ3n) is 4.72. The summed E-state index contributed by atoms with van der Waals surface area (Å²) in [5, 5.41) is 0.634. The van der Waals surface area contributed by atoms with Gasteiger partial charge in [0.25, 0.3) is 0 Å². The first-order valence-electron chi connectivity index (χ1n) is 9.14. The van der Waals surface area contributed by atoms with Crippen molar-refractivity contribution in [2.75, 3.05) is 13.7 Å². The van der Waals surface area contributed by atoms with Crippen molar-refractivity contribution in [1.29, 1.82) is 0 Å². The molecule has 0 bridgehead atoms. The van der Waals surface area contributed by atoms with Gasteiger partial charge in [-0.15, -0.1) is 11.3 Å². The molecule has 0 spiro atoms. The first kappa shape index (κ1) is 22.5. The lowest BCUT2D eigenvalue weighted by molar-refractivity contribution is 0.413. The lowest BCUT2D eigenvalue weighted by atomic mass is 10.1. The van der Waals surface area contributed by atoms with Crippen molar-refractivity contribution < 1.29 is 21.6 Å². The molecule has 0 amide bonds. The van der Waals surface area contributed by atoms with Crippen LogP contribution in [0, 0.1) is 13.8 Å². The Kier molecular flexibility index (Phi) is 6.66. The Labute approximate surface area is 181 Å². The highest BCUT2D eigenvalue weighted by molar-refractivity contribution is 7.93. The van der Waals surface area contributed by atoms with Gasteiger partial charge in [0.1, 0.15) is 15.2 Å². The van der Waals surface area contributed by atoms with E-state index in [2.05, 4.69) is 4.72 Å². The Morgan fingerprint density at radius 2 is 1.60 bits per heavy atom. The molecular weight excluding hydrogens is 442 g/mol. The number of thiophene rings is 1. The van der Waals surface area contributed by atoms with E-state index in [0.29, 0.717) is 22.4 Å². The van der Waals surface area contributed by atoms with Crippen LogP contribution in [0.15, 0.2) is 69.1 Å². The second-order valence-corrected chi connectivity index (χ2v) is 11.8. The number of hydrogen-bond acceptors (Lipinski definition) is 6. The van der Waals surface area contributed by atoms with E-state index in [1.807, 2.05) is 0 Å². The molecule has 1 aromatic heterocycles. The number of sulfone groups is 1. The third-order valence-corrected chi connectivity index (χ3v) is 9.98. The van der Waals surface area contributed by atoms with Crippen LogP contribution in [0.4, 0.5) is 0 Å². The normalized spacial score (nSPS) is 13.2. The summed E-state index contributed by atoms with van der Waals surface area (Å²) in [4.78, 5) is 0.128. The quantitative estimate of drug-likeness (QED) is 0.546. The molecule has 0 saturated carbocycles. The van der Waals surface area contributed by atoms with Gasteiger partial charge in [-0.1, -0.05) is 36.4 Å². The summed E-state index contributed by atoms with van der Waals surface area (Å²) in [5.74, 6) is 0.561. The molecule has 1 unspecified atom stereocenters. The Morgan fingerprint density at radius 1 is 0.967 bits per heavy atom.